The molecular weight excluding hydrogens is 252 g/mol. The Morgan fingerprint density at radius 2 is 2.16 bits per heavy atom. The summed E-state index contributed by atoms with van der Waals surface area (Å²) in [5, 5.41) is 5.24. The lowest BCUT2D eigenvalue weighted by Gasteiger charge is -2.34. The number of nitrogens with zero attached hydrogens (tertiary/aromatic N) is 1. The molecule has 1 saturated carbocycles. The maximum Gasteiger partial charge on any atom is 0.114 e. The zero-order chi connectivity index (χ0) is 13.9. The van der Waals surface area contributed by atoms with Crippen molar-refractivity contribution < 1.29 is 0 Å². The number of rotatable bonds is 6. The van der Waals surface area contributed by atoms with Crippen LogP contribution in [0.2, 0.25) is 0 Å². The monoisotopic (exact) mass is 280 g/mol. The first-order chi connectivity index (χ1) is 9.17. The van der Waals surface area contributed by atoms with Crippen molar-refractivity contribution >= 4 is 11.3 Å². The number of hydrogen-bond donors (Lipinski definition) is 1. The average Bonchev–Trinajstić information content (AvgIpc) is 3.00. The maximum absolute atomic E-state index is 4.99. The minimum Gasteiger partial charge on any atom is -0.305 e. The normalized spacial score (nSPS) is 27.1. The summed E-state index contributed by atoms with van der Waals surface area (Å²) in [6.45, 7) is 10.1. The largest absolute Gasteiger partial charge is 0.305 e. The molecule has 108 valence electrons. The number of thiazole rings is 1. The molecule has 2 atom stereocenters. The van der Waals surface area contributed by atoms with Gasteiger partial charge in [0.05, 0.1) is 11.2 Å². The molecule has 0 saturated heterocycles. The zero-order valence-electron chi connectivity index (χ0n) is 12.9. The summed E-state index contributed by atoms with van der Waals surface area (Å²) in [6.07, 6.45) is 7.48. The Hall–Kier alpha value is -0.410. The second kappa shape index (κ2) is 6.36. The quantitative estimate of drug-likeness (QED) is 0.834. The molecule has 1 N–H and O–H groups in total. The van der Waals surface area contributed by atoms with E-state index in [2.05, 4.69) is 33.0 Å². The highest BCUT2D eigenvalue weighted by atomic mass is 32.1. The number of nitrogens with one attached hydrogen (secondary N) is 1. The fourth-order valence-electron chi connectivity index (χ4n) is 3.52. The summed E-state index contributed by atoms with van der Waals surface area (Å²) in [6, 6.07) is 0. The molecule has 1 aliphatic rings. The van der Waals surface area contributed by atoms with Gasteiger partial charge in [-0.05, 0) is 45.1 Å². The highest BCUT2D eigenvalue weighted by molar-refractivity contribution is 7.11. The first kappa shape index (κ1) is 15.0. The van der Waals surface area contributed by atoms with Crippen molar-refractivity contribution in [3.63, 3.8) is 0 Å². The topological polar surface area (TPSA) is 24.9 Å². The highest BCUT2D eigenvalue weighted by Gasteiger charge is 2.45. The lowest BCUT2D eigenvalue weighted by Crippen LogP contribution is -2.45. The van der Waals surface area contributed by atoms with E-state index in [4.69, 9.17) is 4.98 Å². The molecule has 1 heterocycles. The third-order valence-corrected chi connectivity index (χ3v) is 5.80. The lowest BCUT2D eigenvalue weighted by molar-refractivity contribution is 0.240. The van der Waals surface area contributed by atoms with Crippen LogP contribution in [0.3, 0.4) is 0 Å². The van der Waals surface area contributed by atoms with E-state index in [-0.39, 0.29) is 5.54 Å². The summed E-state index contributed by atoms with van der Waals surface area (Å²) in [5.41, 5.74) is 1.48. The van der Waals surface area contributed by atoms with E-state index in [1.165, 1.54) is 47.7 Å². The second-order valence-corrected chi connectivity index (χ2v) is 6.97. The van der Waals surface area contributed by atoms with Crippen molar-refractivity contribution in [2.24, 2.45) is 5.92 Å². The van der Waals surface area contributed by atoms with Crippen molar-refractivity contribution in [3.8, 4) is 0 Å². The van der Waals surface area contributed by atoms with Gasteiger partial charge in [0, 0.05) is 4.88 Å². The van der Waals surface area contributed by atoms with Gasteiger partial charge in [-0.3, -0.25) is 0 Å². The summed E-state index contributed by atoms with van der Waals surface area (Å²) in [5.74, 6) is 0.759. The Labute approximate surface area is 122 Å². The van der Waals surface area contributed by atoms with Gasteiger partial charge in [-0.1, -0.05) is 33.6 Å². The molecule has 2 nitrogen and oxygen atoms in total. The molecule has 2 unspecified atom stereocenters. The smallest absolute Gasteiger partial charge is 0.114 e. The van der Waals surface area contributed by atoms with Gasteiger partial charge >= 0.3 is 0 Å². The third kappa shape index (κ3) is 2.73. The standard InChI is InChI=1S/C16H28N2S/c1-5-11-17-16(10-8-9-13(16)6-2)15-18-14(7-3)12(4)19-15/h13,17H,5-11H2,1-4H3. The van der Waals surface area contributed by atoms with Gasteiger partial charge in [0.15, 0.2) is 0 Å². The molecule has 1 aromatic heterocycles. The molecule has 19 heavy (non-hydrogen) atoms. The van der Waals surface area contributed by atoms with E-state index in [1.54, 1.807) is 0 Å². The number of hydrogen-bond acceptors (Lipinski definition) is 3. The SMILES string of the molecule is CCCNC1(c2nc(CC)c(C)s2)CCCC1CC. The Bertz CT molecular complexity index is 413. The molecule has 0 amide bonds. The van der Waals surface area contributed by atoms with Crippen molar-refractivity contribution in [2.45, 2.75) is 71.8 Å². The Balaban J connectivity index is 2.35. The van der Waals surface area contributed by atoms with Crippen LogP contribution >= 0.6 is 11.3 Å². The molecule has 3 heteroatoms. The predicted octanol–water partition coefficient (Wildman–Crippen LogP) is 4.42. The fraction of sp³-hybridized carbons (Fsp3) is 0.812. The number of aryl methyl sites for hydroxylation is 2. The van der Waals surface area contributed by atoms with Crippen LogP contribution in [-0.4, -0.2) is 11.5 Å². The highest BCUT2D eigenvalue weighted by Crippen LogP contribution is 2.46. The van der Waals surface area contributed by atoms with Gasteiger partial charge in [0.25, 0.3) is 0 Å². The zero-order valence-corrected chi connectivity index (χ0v) is 13.7. The van der Waals surface area contributed by atoms with Gasteiger partial charge in [0.2, 0.25) is 0 Å². The van der Waals surface area contributed by atoms with Gasteiger partial charge in [0.1, 0.15) is 5.01 Å². The van der Waals surface area contributed by atoms with Gasteiger partial charge in [-0.25, -0.2) is 4.98 Å². The van der Waals surface area contributed by atoms with Crippen molar-refractivity contribution in [1.29, 1.82) is 0 Å². The van der Waals surface area contributed by atoms with Crippen LogP contribution in [0.5, 0.6) is 0 Å². The first-order valence-electron chi connectivity index (χ1n) is 7.89. The molecule has 0 bridgehead atoms. The van der Waals surface area contributed by atoms with E-state index >= 15 is 0 Å². The van der Waals surface area contributed by atoms with E-state index < -0.39 is 0 Å². The van der Waals surface area contributed by atoms with Crippen LogP contribution in [0.4, 0.5) is 0 Å². The molecular formula is C16H28N2S. The minimum absolute atomic E-state index is 0.174. The predicted molar refractivity (Wildman–Crippen MR) is 83.8 cm³/mol. The van der Waals surface area contributed by atoms with Crippen molar-refractivity contribution in [1.82, 2.24) is 10.3 Å². The average molecular weight is 280 g/mol. The van der Waals surface area contributed by atoms with Crippen LogP contribution in [0.15, 0.2) is 0 Å². The Morgan fingerprint density at radius 1 is 1.37 bits per heavy atom. The molecule has 1 fully saturated rings. The van der Waals surface area contributed by atoms with Crippen LogP contribution in [-0.2, 0) is 12.0 Å². The summed E-state index contributed by atoms with van der Waals surface area (Å²) in [7, 11) is 0. The van der Waals surface area contributed by atoms with Crippen LogP contribution < -0.4 is 5.32 Å². The lowest BCUT2D eigenvalue weighted by atomic mass is 9.85. The Morgan fingerprint density at radius 3 is 2.74 bits per heavy atom. The van der Waals surface area contributed by atoms with Gasteiger partial charge in [-0.15, -0.1) is 11.3 Å². The molecule has 1 aliphatic carbocycles. The van der Waals surface area contributed by atoms with E-state index in [0.29, 0.717) is 0 Å². The van der Waals surface area contributed by atoms with Crippen LogP contribution in [0, 0.1) is 12.8 Å². The number of aromatic nitrogens is 1. The summed E-state index contributed by atoms with van der Waals surface area (Å²) >= 11 is 1.93. The molecule has 0 spiro atoms. The molecule has 0 radical (unpaired) electrons. The molecule has 2 rings (SSSR count). The molecule has 0 aliphatic heterocycles. The Kier molecular flexibility index (Phi) is 5.02. The van der Waals surface area contributed by atoms with Crippen LogP contribution in [0.1, 0.15) is 68.5 Å². The summed E-state index contributed by atoms with van der Waals surface area (Å²) in [4.78, 5) is 6.40. The van der Waals surface area contributed by atoms with Crippen LogP contribution in [0.25, 0.3) is 0 Å². The maximum atomic E-state index is 4.99. The third-order valence-electron chi connectivity index (χ3n) is 4.61. The van der Waals surface area contributed by atoms with E-state index in [1.807, 2.05) is 11.3 Å². The van der Waals surface area contributed by atoms with E-state index in [0.717, 1.165) is 18.9 Å². The molecule has 1 aromatic rings. The molecule has 0 aromatic carbocycles. The first-order valence-corrected chi connectivity index (χ1v) is 8.71. The van der Waals surface area contributed by atoms with Gasteiger partial charge in [-0.2, -0.15) is 0 Å². The van der Waals surface area contributed by atoms with Gasteiger partial charge < -0.3 is 5.32 Å². The second-order valence-electron chi connectivity index (χ2n) is 5.77. The van der Waals surface area contributed by atoms with E-state index in [9.17, 15) is 0 Å². The minimum atomic E-state index is 0.174. The van der Waals surface area contributed by atoms with Crippen molar-refractivity contribution in [3.05, 3.63) is 15.6 Å². The summed E-state index contributed by atoms with van der Waals surface area (Å²) < 4.78 is 0. The fourth-order valence-corrected chi connectivity index (χ4v) is 4.79. The van der Waals surface area contributed by atoms with Crippen molar-refractivity contribution in [2.75, 3.05) is 6.54 Å².